The highest BCUT2D eigenvalue weighted by atomic mass is 16.5. The number of hydrogen-bond acceptors (Lipinski definition) is 5. The lowest BCUT2D eigenvalue weighted by atomic mass is 10.1. The van der Waals surface area contributed by atoms with Gasteiger partial charge in [0.05, 0.1) is 12.7 Å². The summed E-state index contributed by atoms with van der Waals surface area (Å²) in [6.07, 6.45) is 3.49. The molecule has 0 radical (unpaired) electrons. The van der Waals surface area contributed by atoms with Crippen LogP contribution in [0.5, 0.6) is 0 Å². The number of carbonyl (C=O) groups excluding carboxylic acids is 2. The van der Waals surface area contributed by atoms with E-state index in [-0.39, 0.29) is 24.2 Å². The van der Waals surface area contributed by atoms with E-state index in [1.54, 1.807) is 13.0 Å². The third kappa shape index (κ3) is 4.66. The Hall–Kier alpha value is -3.11. The van der Waals surface area contributed by atoms with Crippen molar-refractivity contribution >= 4 is 28.9 Å². The van der Waals surface area contributed by atoms with Crippen LogP contribution in [-0.4, -0.2) is 42.3 Å². The summed E-state index contributed by atoms with van der Waals surface area (Å²) >= 11 is 0. The standard InChI is InChI=1S/C22H25N3O4/c1-3-28-21(26)14-25-15(2)19(18-8-4-5-9-20(18)25)11-16(12-23)22(27)24-13-17-7-6-10-29-17/h4-5,8-9,11,17H,3,6-7,10,13-14H2,1-2H3,(H,24,27)/b16-11-/t17-/m0/s1. The summed E-state index contributed by atoms with van der Waals surface area (Å²) in [7, 11) is 0. The Labute approximate surface area is 169 Å². The third-order valence-corrected chi connectivity index (χ3v) is 5.04. The molecule has 1 aromatic carbocycles. The molecule has 1 N–H and O–H groups in total. The number of nitrogens with zero attached hydrogens (tertiary/aromatic N) is 2. The van der Waals surface area contributed by atoms with Gasteiger partial charge in [0.25, 0.3) is 5.91 Å². The largest absolute Gasteiger partial charge is 0.465 e. The van der Waals surface area contributed by atoms with Crippen LogP contribution in [0.3, 0.4) is 0 Å². The van der Waals surface area contributed by atoms with Gasteiger partial charge in [-0.25, -0.2) is 0 Å². The molecule has 1 aromatic heterocycles. The van der Waals surface area contributed by atoms with E-state index in [1.807, 2.05) is 41.8 Å². The van der Waals surface area contributed by atoms with Crippen molar-refractivity contribution in [2.45, 2.75) is 39.3 Å². The molecule has 1 saturated heterocycles. The van der Waals surface area contributed by atoms with Crippen LogP contribution in [0.1, 0.15) is 31.0 Å². The molecule has 152 valence electrons. The molecule has 29 heavy (non-hydrogen) atoms. The fraction of sp³-hybridized carbons (Fsp3) is 0.409. The second kappa shape index (κ2) is 9.39. The minimum Gasteiger partial charge on any atom is -0.465 e. The quantitative estimate of drug-likeness (QED) is 0.442. The summed E-state index contributed by atoms with van der Waals surface area (Å²) in [6.45, 7) is 5.11. The van der Waals surface area contributed by atoms with Crippen molar-refractivity contribution in [2.24, 2.45) is 0 Å². The summed E-state index contributed by atoms with van der Waals surface area (Å²) in [5.74, 6) is -0.758. The van der Waals surface area contributed by atoms with E-state index >= 15 is 0 Å². The van der Waals surface area contributed by atoms with Gasteiger partial charge in [-0.05, 0) is 38.8 Å². The molecule has 0 unspecified atom stereocenters. The molecule has 0 aliphatic carbocycles. The fourth-order valence-corrected chi connectivity index (χ4v) is 3.58. The number of benzene rings is 1. The Morgan fingerprint density at radius 1 is 1.41 bits per heavy atom. The molecule has 7 nitrogen and oxygen atoms in total. The Kier molecular flexibility index (Phi) is 6.68. The number of ether oxygens (including phenoxy) is 2. The van der Waals surface area contributed by atoms with Crippen molar-refractivity contribution in [3.8, 4) is 6.07 Å². The highest BCUT2D eigenvalue weighted by molar-refractivity contribution is 6.04. The first-order chi connectivity index (χ1) is 14.0. The lowest BCUT2D eigenvalue weighted by Gasteiger charge is -2.10. The van der Waals surface area contributed by atoms with E-state index in [0.717, 1.165) is 35.0 Å². The summed E-state index contributed by atoms with van der Waals surface area (Å²) < 4.78 is 12.4. The zero-order valence-electron chi connectivity index (χ0n) is 16.7. The minimum absolute atomic E-state index is 0.00659. The molecule has 1 atom stereocenters. The molecule has 1 amide bonds. The van der Waals surface area contributed by atoms with Gasteiger partial charge in [-0.15, -0.1) is 0 Å². The van der Waals surface area contributed by atoms with Gasteiger partial charge < -0.3 is 19.4 Å². The molecule has 2 heterocycles. The first kappa shape index (κ1) is 20.6. The van der Waals surface area contributed by atoms with E-state index in [4.69, 9.17) is 9.47 Å². The molecule has 0 saturated carbocycles. The normalized spacial score (nSPS) is 16.6. The van der Waals surface area contributed by atoms with Gasteiger partial charge in [0, 0.05) is 35.3 Å². The number of para-hydroxylation sites is 1. The second-order valence-electron chi connectivity index (χ2n) is 6.92. The summed E-state index contributed by atoms with van der Waals surface area (Å²) in [5, 5.41) is 13.2. The SMILES string of the molecule is CCOC(=O)Cn1c(C)c(/C=C(/C#N)C(=O)NC[C@@H]2CCCO2)c2ccccc21. The molecule has 1 aliphatic rings. The average Bonchev–Trinajstić information content (AvgIpc) is 3.32. The maximum absolute atomic E-state index is 12.5. The number of hydrogen-bond donors (Lipinski definition) is 1. The lowest BCUT2D eigenvalue weighted by molar-refractivity contribution is -0.143. The van der Waals surface area contributed by atoms with E-state index in [1.165, 1.54) is 0 Å². The van der Waals surface area contributed by atoms with Gasteiger partial charge in [0.2, 0.25) is 0 Å². The van der Waals surface area contributed by atoms with E-state index in [0.29, 0.717) is 19.8 Å². The number of carbonyl (C=O) groups is 2. The van der Waals surface area contributed by atoms with Crippen molar-refractivity contribution in [2.75, 3.05) is 19.8 Å². The Morgan fingerprint density at radius 2 is 2.21 bits per heavy atom. The summed E-state index contributed by atoms with van der Waals surface area (Å²) in [6, 6.07) is 9.58. The summed E-state index contributed by atoms with van der Waals surface area (Å²) in [4.78, 5) is 24.5. The maximum atomic E-state index is 12.5. The van der Waals surface area contributed by atoms with Gasteiger partial charge >= 0.3 is 5.97 Å². The Bertz CT molecular complexity index is 978. The Morgan fingerprint density at radius 3 is 2.90 bits per heavy atom. The van der Waals surface area contributed by atoms with Crippen LogP contribution in [0.15, 0.2) is 29.8 Å². The van der Waals surface area contributed by atoms with E-state index < -0.39 is 5.91 Å². The van der Waals surface area contributed by atoms with Crippen LogP contribution in [0.2, 0.25) is 0 Å². The van der Waals surface area contributed by atoms with Gasteiger partial charge in [-0.3, -0.25) is 9.59 Å². The van der Waals surface area contributed by atoms with Crippen molar-refractivity contribution in [1.29, 1.82) is 5.26 Å². The van der Waals surface area contributed by atoms with Crippen molar-refractivity contribution in [3.63, 3.8) is 0 Å². The highest BCUT2D eigenvalue weighted by Crippen LogP contribution is 2.28. The van der Waals surface area contributed by atoms with Crippen LogP contribution in [0, 0.1) is 18.3 Å². The zero-order chi connectivity index (χ0) is 20.8. The minimum atomic E-state index is -0.426. The van der Waals surface area contributed by atoms with Gasteiger partial charge in [-0.2, -0.15) is 5.26 Å². The molecule has 0 spiro atoms. The third-order valence-electron chi connectivity index (χ3n) is 5.04. The van der Waals surface area contributed by atoms with Crippen LogP contribution < -0.4 is 5.32 Å². The van der Waals surface area contributed by atoms with Crippen LogP contribution >= 0.6 is 0 Å². The number of aromatic nitrogens is 1. The van der Waals surface area contributed by atoms with Crippen LogP contribution in [0.4, 0.5) is 0 Å². The average molecular weight is 395 g/mol. The van der Waals surface area contributed by atoms with Gasteiger partial charge in [0.15, 0.2) is 0 Å². The first-order valence-electron chi connectivity index (χ1n) is 9.80. The number of esters is 1. The molecule has 1 aliphatic heterocycles. The number of nitriles is 1. The first-order valence-corrected chi connectivity index (χ1v) is 9.80. The monoisotopic (exact) mass is 395 g/mol. The van der Waals surface area contributed by atoms with E-state index in [2.05, 4.69) is 5.32 Å². The number of nitrogens with one attached hydrogen (secondary N) is 1. The lowest BCUT2D eigenvalue weighted by Crippen LogP contribution is -2.32. The molecular weight excluding hydrogens is 370 g/mol. The number of rotatable bonds is 7. The summed E-state index contributed by atoms with van der Waals surface area (Å²) in [5.41, 5.74) is 2.40. The molecule has 7 heteroatoms. The molecular formula is C22H25N3O4. The zero-order valence-corrected chi connectivity index (χ0v) is 16.7. The van der Waals surface area contributed by atoms with Crippen molar-refractivity contribution in [3.05, 3.63) is 41.1 Å². The Balaban J connectivity index is 1.90. The van der Waals surface area contributed by atoms with Gasteiger partial charge in [-0.1, -0.05) is 18.2 Å². The smallest absolute Gasteiger partial charge is 0.325 e. The molecule has 1 fully saturated rings. The second-order valence-corrected chi connectivity index (χ2v) is 6.92. The van der Waals surface area contributed by atoms with Crippen molar-refractivity contribution in [1.82, 2.24) is 9.88 Å². The van der Waals surface area contributed by atoms with Crippen molar-refractivity contribution < 1.29 is 19.1 Å². The predicted octanol–water partition coefficient (Wildman–Crippen LogP) is 2.72. The molecule has 2 aromatic rings. The molecule has 3 rings (SSSR count). The predicted molar refractivity (Wildman–Crippen MR) is 109 cm³/mol. The van der Waals surface area contributed by atoms with Gasteiger partial charge in [0.1, 0.15) is 18.2 Å². The number of fused-ring (bicyclic) bond motifs is 1. The maximum Gasteiger partial charge on any atom is 0.325 e. The molecule has 0 bridgehead atoms. The fourth-order valence-electron chi connectivity index (χ4n) is 3.58. The van der Waals surface area contributed by atoms with Crippen LogP contribution in [-0.2, 0) is 25.6 Å². The van der Waals surface area contributed by atoms with E-state index in [9.17, 15) is 14.9 Å². The topological polar surface area (TPSA) is 93.4 Å². The van der Waals surface area contributed by atoms with Crippen LogP contribution in [0.25, 0.3) is 17.0 Å². The number of amides is 1. The highest BCUT2D eigenvalue weighted by Gasteiger charge is 2.20.